The van der Waals surface area contributed by atoms with Gasteiger partial charge in [-0.3, -0.25) is 19.2 Å². The monoisotopic (exact) mass is 590 g/mol. The lowest BCUT2D eigenvalue weighted by Gasteiger charge is -2.64. The highest BCUT2D eigenvalue weighted by molar-refractivity contribution is 5.89. The van der Waals surface area contributed by atoms with Crippen molar-refractivity contribution in [1.29, 1.82) is 0 Å². The van der Waals surface area contributed by atoms with Gasteiger partial charge in [0.15, 0.2) is 12.2 Å². The van der Waals surface area contributed by atoms with Crippen LogP contribution >= 0.6 is 0 Å². The fraction of sp³-hybridized carbons (Fsp3) is 0.633. The number of hydrogen-bond acceptors (Lipinski definition) is 12. The second kappa shape index (κ2) is 11.3. The molecule has 1 spiro atoms. The van der Waals surface area contributed by atoms with Crippen LogP contribution in [0.3, 0.4) is 0 Å². The average molecular weight is 591 g/mol. The number of esters is 5. The number of carbonyl (C=O) groups is 5. The van der Waals surface area contributed by atoms with Gasteiger partial charge in [0.05, 0.1) is 23.7 Å². The molecular weight excluding hydrogens is 552 g/mol. The molecule has 2 saturated carbocycles. The normalized spacial score (nSPS) is 36.1. The Morgan fingerprint density at radius 1 is 0.810 bits per heavy atom. The molecule has 3 fully saturated rings. The van der Waals surface area contributed by atoms with Crippen molar-refractivity contribution in [3.05, 3.63) is 35.9 Å². The summed E-state index contributed by atoms with van der Waals surface area (Å²) in [6, 6.07) is 8.04. The summed E-state index contributed by atoms with van der Waals surface area (Å²) in [5.41, 5.74) is -4.62. The average Bonchev–Trinajstić information content (AvgIpc) is 3.07. The highest BCUT2D eigenvalue weighted by Gasteiger charge is 2.85. The molecule has 12 heteroatoms. The van der Waals surface area contributed by atoms with Crippen LogP contribution < -0.4 is 0 Å². The largest absolute Gasteiger partial charge is 0.459 e. The van der Waals surface area contributed by atoms with E-state index in [1.165, 1.54) is 32.9 Å². The Labute approximate surface area is 243 Å². The number of aliphatic hydroxyl groups excluding tert-OH is 1. The molecule has 0 unspecified atom stereocenters. The third-order valence-electron chi connectivity index (χ3n) is 8.74. The first-order valence-electron chi connectivity index (χ1n) is 13.9. The maximum atomic E-state index is 13.6. The van der Waals surface area contributed by atoms with Gasteiger partial charge in [-0.25, -0.2) is 4.79 Å². The minimum Gasteiger partial charge on any atom is -0.459 e. The van der Waals surface area contributed by atoms with Crippen molar-refractivity contribution in [2.24, 2.45) is 17.3 Å². The van der Waals surface area contributed by atoms with Crippen LogP contribution in [0.5, 0.6) is 0 Å². The highest BCUT2D eigenvalue weighted by Crippen LogP contribution is 2.68. The predicted octanol–water partition coefficient (Wildman–Crippen LogP) is 2.13. The summed E-state index contributed by atoms with van der Waals surface area (Å²) in [4.78, 5) is 63.6. The summed E-state index contributed by atoms with van der Waals surface area (Å²) in [5, 5.41) is 11.5. The molecule has 1 saturated heterocycles. The molecule has 2 bridgehead atoms. The minimum absolute atomic E-state index is 0.0808. The molecule has 4 rings (SSSR count). The van der Waals surface area contributed by atoms with Crippen molar-refractivity contribution in [2.45, 2.75) is 96.6 Å². The number of aliphatic hydroxyl groups is 1. The van der Waals surface area contributed by atoms with Crippen molar-refractivity contribution >= 4 is 29.8 Å². The standard InChI is InChI=1S/C30H38O12/c1-15-13-21(37-16(2)32)24(39-18(4)34)29(14-31)26(41-27(36)20-11-9-8-10-12-20)23(38-17(3)33)22-25(40-19(5)35)30(15,29)42-28(22,6)7/h8-12,15,21-26,31H,13-14H2,1-7H3/t15-,21-,22+,23-,24-,25+,26+,29+,30+/m1/s1. The number of hydrogen-bond donors (Lipinski definition) is 1. The van der Waals surface area contributed by atoms with E-state index in [0.717, 1.165) is 6.92 Å². The van der Waals surface area contributed by atoms with Crippen molar-refractivity contribution in [1.82, 2.24) is 0 Å². The number of benzene rings is 1. The summed E-state index contributed by atoms with van der Waals surface area (Å²) < 4.78 is 36.2. The van der Waals surface area contributed by atoms with E-state index in [9.17, 15) is 29.1 Å². The van der Waals surface area contributed by atoms with Crippen molar-refractivity contribution in [3.63, 3.8) is 0 Å². The van der Waals surface area contributed by atoms with E-state index in [1.807, 2.05) is 0 Å². The van der Waals surface area contributed by atoms with Crippen LogP contribution in [-0.2, 0) is 47.6 Å². The van der Waals surface area contributed by atoms with Gasteiger partial charge in [-0.05, 0) is 38.3 Å². The van der Waals surface area contributed by atoms with Crippen LogP contribution in [0.1, 0.15) is 65.2 Å². The molecule has 0 amide bonds. The summed E-state index contributed by atoms with van der Waals surface area (Å²) in [5.74, 6) is -5.20. The lowest BCUT2D eigenvalue weighted by molar-refractivity contribution is -0.329. The minimum atomic E-state index is -1.95. The molecule has 1 heterocycles. The Balaban J connectivity index is 2.07. The van der Waals surface area contributed by atoms with Gasteiger partial charge in [-0.1, -0.05) is 25.1 Å². The van der Waals surface area contributed by atoms with Crippen LogP contribution in [0.4, 0.5) is 0 Å². The van der Waals surface area contributed by atoms with Gasteiger partial charge >= 0.3 is 29.8 Å². The van der Waals surface area contributed by atoms with Crippen LogP contribution in [0.2, 0.25) is 0 Å². The SMILES string of the molecule is CC(=O)O[C@@H]1[C@H]2[C@H](OC(C)=O)[C@@]3(OC2(C)C)[C@H](C)C[C@@H](OC(C)=O)[C@@H](OC(C)=O)[C@@]3(CO)[C@H]1OC(=O)c1ccccc1. The third kappa shape index (κ3) is 4.94. The fourth-order valence-corrected chi connectivity index (χ4v) is 7.61. The quantitative estimate of drug-likeness (QED) is 0.364. The lowest BCUT2D eigenvalue weighted by Crippen LogP contribution is -2.81. The van der Waals surface area contributed by atoms with Gasteiger partial charge in [0.1, 0.15) is 29.3 Å². The Bertz CT molecular complexity index is 1240. The van der Waals surface area contributed by atoms with E-state index in [-0.39, 0.29) is 12.0 Å². The van der Waals surface area contributed by atoms with Crippen molar-refractivity contribution in [2.75, 3.05) is 6.61 Å². The van der Waals surface area contributed by atoms with Crippen LogP contribution in [0.25, 0.3) is 0 Å². The van der Waals surface area contributed by atoms with E-state index in [1.54, 1.807) is 39.0 Å². The Morgan fingerprint density at radius 3 is 1.88 bits per heavy atom. The van der Waals surface area contributed by atoms with Gasteiger partial charge in [-0.15, -0.1) is 0 Å². The molecule has 2 aliphatic carbocycles. The Hall–Kier alpha value is -3.51. The first kappa shape index (κ1) is 31.4. The van der Waals surface area contributed by atoms with Gasteiger partial charge in [0.25, 0.3) is 0 Å². The molecule has 9 atom stereocenters. The molecule has 0 aromatic heterocycles. The third-order valence-corrected chi connectivity index (χ3v) is 8.74. The number of carbonyl (C=O) groups excluding carboxylic acids is 5. The molecule has 12 nitrogen and oxygen atoms in total. The van der Waals surface area contributed by atoms with Gasteiger partial charge < -0.3 is 33.5 Å². The summed E-state index contributed by atoms with van der Waals surface area (Å²) in [6.07, 6.45) is -6.53. The first-order valence-corrected chi connectivity index (χ1v) is 13.9. The number of fused-ring (bicyclic) bond motifs is 1. The van der Waals surface area contributed by atoms with E-state index in [4.69, 9.17) is 28.4 Å². The maximum Gasteiger partial charge on any atom is 0.338 e. The van der Waals surface area contributed by atoms with Gasteiger partial charge in [0, 0.05) is 27.7 Å². The second-order valence-corrected chi connectivity index (χ2v) is 11.8. The topological polar surface area (TPSA) is 161 Å². The molecule has 1 aromatic rings. The fourth-order valence-electron chi connectivity index (χ4n) is 7.61. The van der Waals surface area contributed by atoms with Crippen LogP contribution in [0, 0.1) is 17.3 Å². The molecule has 230 valence electrons. The molecule has 1 aliphatic heterocycles. The number of rotatable bonds is 7. The maximum absolute atomic E-state index is 13.6. The Morgan fingerprint density at radius 2 is 1.36 bits per heavy atom. The first-order chi connectivity index (χ1) is 19.6. The second-order valence-electron chi connectivity index (χ2n) is 11.8. The van der Waals surface area contributed by atoms with E-state index >= 15 is 0 Å². The van der Waals surface area contributed by atoms with Crippen molar-refractivity contribution < 1.29 is 57.5 Å². The number of ether oxygens (including phenoxy) is 6. The molecule has 3 aliphatic rings. The van der Waals surface area contributed by atoms with E-state index < -0.39 is 95.4 Å². The molecular formula is C30H38O12. The zero-order valence-corrected chi connectivity index (χ0v) is 24.8. The summed E-state index contributed by atoms with van der Waals surface area (Å²) in [7, 11) is 0. The Kier molecular flexibility index (Phi) is 8.45. The predicted molar refractivity (Wildman–Crippen MR) is 143 cm³/mol. The van der Waals surface area contributed by atoms with Crippen LogP contribution in [-0.4, -0.2) is 83.3 Å². The molecule has 1 aromatic carbocycles. The summed E-state index contributed by atoms with van der Waals surface area (Å²) >= 11 is 0. The zero-order valence-electron chi connectivity index (χ0n) is 24.8. The van der Waals surface area contributed by atoms with E-state index in [2.05, 4.69) is 0 Å². The lowest BCUT2D eigenvalue weighted by atomic mass is 9.47. The highest BCUT2D eigenvalue weighted by atomic mass is 16.6. The zero-order chi connectivity index (χ0) is 31.2. The molecule has 42 heavy (non-hydrogen) atoms. The smallest absolute Gasteiger partial charge is 0.338 e. The van der Waals surface area contributed by atoms with Crippen molar-refractivity contribution in [3.8, 4) is 0 Å². The molecule has 0 radical (unpaired) electrons. The molecule has 1 N–H and O–H groups in total. The van der Waals surface area contributed by atoms with E-state index in [0.29, 0.717) is 0 Å². The summed E-state index contributed by atoms with van der Waals surface area (Å²) in [6.45, 7) is 9.05. The van der Waals surface area contributed by atoms with Gasteiger partial charge in [0.2, 0.25) is 0 Å². The van der Waals surface area contributed by atoms with Crippen LogP contribution in [0.15, 0.2) is 30.3 Å². The van der Waals surface area contributed by atoms with Gasteiger partial charge in [-0.2, -0.15) is 0 Å².